The lowest BCUT2D eigenvalue weighted by Gasteiger charge is -2.28. The predicted molar refractivity (Wildman–Crippen MR) is 264 cm³/mol. The number of carbonyl (C=O) groups is 2. The number of allylic oxidation sites excluding steroid dienone is 4. The van der Waals surface area contributed by atoms with Crippen LogP contribution in [0.3, 0.4) is 0 Å². The van der Waals surface area contributed by atoms with Gasteiger partial charge in [-0.2, -0.15) is 0 Å². The number of ether oxygens (including phenoxy) is 2. The molecule has 0 saturated heterocycles. The smallest absolute Gasteiger partial charge is 0.306 e. The fourth-order valence-corrected chi connectivity index (χ4v) is 8.26. The van der Waals surface area contributed by atoms with Gasteiger partial charge in [0.2, 0.25) is 0 Å². The van der Waals surface area contributed by atoms with E-state index in [-0.39, 0.29) is 32.0 Å². The molecule has 372 valence electrons. The Labute approximate surface area is 389 Å². The van der Waals surface area contributed by atoms with Crippen LogP contribution >= 0.6 is 7.82 Å². The van der Waals surface area contributed by atoms with Gasteiger partial charge in [0.25, 0.3) is 7.82 Å². The van der Waals surface area contributed by atoms with Crippen LogP contribution in [-0.4, -0.2) is 70.0 Å². The molecule has 9 nitrogen and oxygen atoms in total. The Hall–Kier alpha value is -1.51. The fraction of sp³-hybridized carbons (Fsp3) is 0.887. The monoisotopic (exact) mass is 912 g/mol. The van der Waals surface area contributed by atoms with E-state index in [0.29, 0.717) is 17.4 Å². The molecule has 0 aromatic carbocycles. The van der Waals surface area contributed by atoms with Gasteiger partial charge in [0, 0.05) is 12.8 Å². The molecule has 0 amide bonds. The van der Waals surface area contributed by atoms with Crippen LogP contribution in [0.5, 0.6) is 0 Å². The minimum atomic E-state index is -4.63. The van der Waals surface area contributed by atoms with Gasteiger partial charge in [0.15, 0.2) is 6.10 Å². The van der Waals surface area contributed by atoms with E-state index in [1.54, 1.807) is 0 Å². The van der Waals surface area contributed by atoms with E-state index in [9.17, 15) is 19.0 Å². The van der Waals surface area contributed by atoms with Crippen LogP contribution in [0.15, 0.2) is 24.3 Å². The lowest BCUT2D eigenvalue weighted by Crippen LogP contribution is -2.37. The number of unbranched alkanes of at least 4 members (excludes halogenated alkanes) is 31. The number of rotatable bonds is 49. The van der Waals surface area contributed by atoms with Gasteiger partial charge in [-0.1, -0.05) is 199 Å². The zero-order valence-electron chi connectivity index (χ0n) is 42.0. The second-order valence-electron chi connectivity index (χ2n) is 19.2. The maximum absolute atomic E-state index is 12.7. The molecule has 0 heterocycles. The summed E-state index contributed by atoms with van der Waals surface area (Å²) in [5, 5.41) is 0. The molecule has 0 aromatic heterocycles. The minimum Gasteiger partial charge on any atom is -0.756 e. The average Bonchev–Trinajstić information content (AvgIpc) is 3.24. The van der Waals surface area contributed by atoms with E-state index in [4.69, 9.17) is 18.5 Å². The third-order valence-corrected chi connectivity index (χ3v) is 12.7. The van der Waals surface area contributed by atoms with Crippen molar-refractivity contribution in [2.75, 3.05) is 47.5 Å². The van der Waals surface area contributed by atoms with Crippen LogP contribution in [0.1, 0.15) is 251 Å². The Balaban J connectivity index is 4.16. The number of esters is 2. The maximum atomic E-state index is 12.7. The van der Waals surface area contributed by atoms with Crippen LogP contribution in [-0.2, 0) is 32.7 Å². The summed E-state index contributed by atoms with van der Waals surface area (Å²) < 4.78 is 34.0. The van der Waals surface area contributed by atoms with Gasteiger partial charge < -0.3 is 27.9 Å². The standard InChI is InChI=1S/C53H102NO8P/c1-6-8-10-12-14-16-18-20-22-23-24-25-26-27-28-29-30-31-32-34-36-38-40-42-44-46-53(56)62-51(50-61-63(57,58)60-48-47-54(3,4)5)49-59-52(55)45-43-41-39-37-35-33-21-19-17-15-13-11-9-7-2/h19,21,23-24,51H,6-18,20,22,25-50H2,1-5H3/b21-19-,24-23-. The Kier molecular flexibility index (Phi) is 44.5. The van der Waals surface area contributed by atoms with E-state index < -0.39 is 26.5 Å². The number of hydrogen-bond donors (Lipinski definition) is 0. The molecule has 0 fully saturated rings. The molecule has 10 heteroatoms. The number of carbonyl (C=O) groups excluding carboxylic acids is 2. The summed E-state index contributed by atoms with van der Waals surface area (Å²) in [6.45, 7) is 4.24. The van der Waals surface area contributed by atoms with E-state index >= 15 is 0 Å². The number of hydrogen-bond acceptors (Lipinski definition) is 8. The average molecular weight is 912 g/mol. The summed E-state index contributed by atoms with van der Waals surface area (Å²) in [4.78, 5) is 37.7. The highest BCUT2D eigenvalue weighted by atomic mass is 31.2. The summed E-state index contributed by atoms with van der Waals surface area (Å²) in [6, 6.07) is 0. The van der Waals surface area contributed by atoms with Gasteiger partial charge in [-0.05, 0) is 64.2 Å². The molecule has 63 heavy (non-hydrogen) atoms. The van der Waals surface area contributed by atoms with Crippen LogP contribution < -0.4 is 4.89 Å². The molecule has 0 aliphatic carbocycles. The third-order valence-electron chi connectivity index (χ3n) is 11.7. The molecule has 2 atom stereocenters. The lowest BCUT2D eigenvalue weighted by atomic mass is 10.0. The number of quaternary nitrogens is 1. The van der Waals surface area contributed by atoms with Crippen LogP contribution in [0.4, 0.5) is 0 Å². The Morgan fingerprint density at radius 3 is 1.17 bits per heavy atom. The maximum Gasteiger partial charge on any atom is 0.306 e. The molecule has 0 spiro atoms. The molecule has 0 saturated carbocycles. The van der Waals surface area contributed by atoms with Crippen molar-refractivity contribution in [1.29, 1.82) is 0 Å². The highest BCUT2D eigenvalue weighted by Gasteiger charge is 2.21. The van der Waals surface area contributed by atoms with E-state index in [2.05, 4.69) is 38.2 Å². The quantitative estimate of drug-likeness (QED) is 0.0195. The van der Waals surface area contributed by atoms with E-state index in [1.165, 1.54) is 161 Å². The number of phosphoric acid groups is 1. The van der Waals surface area contributed by atoms with E-state index in [0.717, 1.165) is 57.8 Å². The van der Waals surface area contributed by atoms with Crippen molar-refractivity contribution in [2.24, 2.45) is 0 Å². The first-order valence-electron chi connectivity index (χ1n) is 26.5. The van der Waals surface area contributed by atoms with Crippen molar-refractivity contribution in [1.82, 2.24) is 0 Å². The third kappa shape index (κ3) is 49.8. The van der Waals surface area contributed by atoms with Gasteiger partial charge in [-0.25, -0.2) is 0 Å². The van der Waals surface area contributed by atoms with Crippen LogP contribution in [0.2, 0.25) is 0 Å². The van der Waals surface area contributed by atoms with Gasteiger partial charge >= 0.3 is 11.9 Å². The molecule has 0 N–H and O–H groups in total. The zero-order valence-corrected chi connectivity index (χ0v) is 42.9. The topological polar surface area (TPSA) is 111 Å². The summed E-state index contributed by atoms with van der Waals surface area (Å²) in [6.07, 6.45) is 52.2. The van der Waals surface area contributed by atoms with Crippen molar-refractivity contribution in [3.05, 3.63) is 24.3 Å². The first kappa shape index (κ1) is 61.5. The highest BCUT2D eigenvalue weighted by Crippen LogP contribution is 2.38. The van der Waals surface area contributed by atoms with Gasteiger partial charge in [0.05, 0.1) is 27.7 Å². The molecule has 0 aliphatic heterocycles. The van der Waals surface area contributed by atoms with Crippen molar-refractivity contribution in [2.45, 2.75) is 258 Å². The van der Waals surface area contributed by atoms with Crippen molar-refractivity contribution >= 4 is 19.8 Å². The lowest BCUT2D eigenvalue weighted by molar-refractivity contribution is -0.870. The predicted octanol–water partition coefficient (Wildman–Crippen LogP) is 15.2. The molecule has 2 unspecified atom stereocenters. The van der Waals surface area contributed by atoms with Gasteiger partial charge in [-0.3, -0.25) is 14.2 Å². The first-order valence-corrected chi connectivity index (χ1v) is 28.0. The van der Waals surface area contributed by atoms with Gasteiger partial charge in [-0.15, -0.1) is 0 Å². The van der Waals surface area contributed by atoms with Crippen molar-refractivity contribution in [3.63, 3.8) is 0 Å². The molecule has 0 rings (SSSR count). The summed E-state index contributed by atoms with van der Waals surface area (Å²) in [5.74, 6) is -0.834. The minimum absolute atomic E-state index is 0.0302. The fourth-order valence-electron chi connectivity index (χ4n) is 7.53. The summed E-state index contributed by atoms with van der Waals surface area (Å²) in [7, 11) is 1.17. The van der Waals surface area contributed by atoms with E-state index in [1.807, 2.05) is 21.1 Å². The van der Waals surface area contributed by atoms with Crippen molar-refractivity contribution in [3.8, 4) is 0 Å². The molecule has 0 aliphatic rings. The Morgan fingerprint density at radius 2 is 0.810 bits per heavy atom. The second kappa shape index (κ2) is 45.6. The Bertz CT molecular complexity index is 1120. The van der Waals surface area contributed by atoms with Crippen molar-refractivity contribution < 1.29 is 42.1 Å². The van der Waals surface area contributed by atoms with Crippen LogP contribution in [0.25, 0.3) is 0 Å². The zero-order chi connectivity index (χ0) is 46.4. The van der Waals surface area contributed by atoms with Crippen LogP contribution in [0, 0.1) is 0 Å². The highest BCUT2D eigenvalue weighted by molar-refractivity contribution is 7.45. The molecule has 0 aromatic rings. The molecular weight excluding hydrogens is 810 g/mol. The largest absolute Gasteiger partial charge is 0.756 e. The normalized spacial score (nSPS) is 13.6. The second-order valence-corrected chi connectivity index (χ2v) is 20.6. The summed E-state index contributed by atoms with van der Waals surface area (Å²) in [5.41, 5.74) is 0. The first-order chi connectivity index (χ1) is 30.5. The number of nitrogens with zero attached hydrogens (tertiary/aromatic N) is 1. The number of likely N-dealkylation sites (N-methyl/N-ethyl adjacent to an activating group) is 1. The molecule has 0 radical (unpaired) electrons. The van der Waals surface area contributed by atoms with Gasteiger partial charge in [0.1, 0.15) is 19.8 Å². The summed E-state index contributed by atoms with van der Waals surface area (Å²) >= 11 is 0. The molecule has 0 bridgehead atoms. The Morgan fingerprint density at radius 1 is 0.476 bits per heavy atom. The molecular formula is C53H102NO8P. The SMILES string of the molecule is CCCCCCC/C=C\CCCCCCCC(=O)OCC(COP(=O)([O-])OCC[N+](C)(C)C)OC(=O)CCCCCCCCCCCCCCC/C=C\CCCCCCCCCC. The number of phosphoric ester groups is 1.